The van der Waals surface area contributed by atoms with Crippen molar-refractivity contribution < 1.29 is 109 Å². The van der Waals surface area contributed by atoms with Gasteiger partial charge >= 0.3 is 0 Å². The third kappa shape index (κ3) is 23.3. The summed E-state index contributed by atoms with van der Waals surface area (Å²) in [4.78, 5) is 147. The summed E-state index contributed by atoms with van der Waals surface area (Å²) in [5.41, 5.74) is 15.8. The summed E-state index contributed by atoms with van der Waals surface area (Å²) in [6, 6.07) is -10.5. The van der Waals surface area contributed by atoms with Crippen LogP contribution in [0.4, 0.5) is 0 Å². The smallest absolute Gasteiger partial charge is 0.248 e. The van der Waals surface area contributed by atoms with Crippen molar-refractivity contribution in [3.63, 3.8) is 0 Å². The van der Waals surface area contributed by atoms with Crippen LogP contribution in [-0.4, -0.2) is 227 Å². The molecule has 2 aliphatic heterocycles. The van der Waals surface area contributed by atoms with Crippen LogP contribution in [0.15, 0.2) is 24.3 Å². The van der Waals surface area contributed by atoms with Crippen molar-refractivity contribution >= 4 is 65.0 Å². The number of ether oxygens (including phenoxy) is 1. The molecule has 478 valence electrons. The second-order valence-corrected chi connectivity index (χ2v) is 21.0. The fourth-order valence-corrected chi connectivity index (χ4v) is 9.49. The number of phenolic OH excluding ortho intramolecular Hbond substituents is 1. The first-order valence-corrected chi connectivity index (χ1v) is 27.8. The van der Waals surface area contributed by atoms with Gasteiger partial charge in [-0.15, -0.1) is 0 Å². The van der Waals surface area contributed by atoms with Crippen molar-refractivity contribution in [2.75, 3.05) is 26.4 Å². The normalized spacial score (nSPS) is 27.4. The predicted molar refractivity (Wildman–Crippen MR) is 291 cm³/mol. The number of phenols is 1. The molecule has 11 amide bonds. The number of nitrogens with two attached hydrogens (primary N) is 3. The van der Waals surface area contributed by atoms with Crippen LogP contribution in [0, 0.1) is 5.92 Å². The Balaban J connectivity index is 2.18. The van der Waals surface area contributed by atoms with Crippen LogP contribution >= 0.6 is 0 Å². The molecule has 1 aromatic carbocycles. The molecular formula is C52H83N11O22. The Morgan fingerprint density at radius 1 is 0.600 bits per heavy atom. The summed E-state index contributed by atoms with van der Waals surface area (Å²) >= 11 is 0. The molecule has 1 aromatic rings. The molecule has 2 saturated heterocycles. The van der Waals surface area contributed by atoms with Gasteiger partial charge in [0.25, 0.3) is 0 Å². The van der Waals surface area contributed by atoms with Crippen molar-refractivity contribution in [3.8, 4) is 5.75 Å². The zero-order valence-electron chi connectivity index (χ0n) is 46.9. The van der Waals surface area contributed by atoms with Crippen LogP contribution in [0.5, 0.6) is 5.75 Å². The van der Waals surface area contributed by atoms with E-state index < -0.39 is 214 Å². The molecule has 2 heterocycles. The third-order valence-corrected chi connectivity index (χ3v) is 14.2. The van der Waals surface area contributed by atoms with Crippen LogP contribution in [0.1, 0.15) is 108 Å². The number of benzene rings is 1. The standard InChI is InChI=1S/C52H83N11O22/c1-2-3-4-5-6-7-8-9-10-11-27(45-44(77)42(75)33(68)23-85-45)41(74)32(67)16-25-17-36(71)59-30(21-64)49(81)62-38(40(73)24-12-14-26(66)15-13-24)52(84)60-28(18-34(53)69)47(79)56-20-37(72)58-29(19-35(54)70)48(80)61-31(22-65)50(82)63-39(51(83)57-25)43(76)46(55)78/h12-15,25,27-33,38-45,64-68,73-77H,2-11,16-23H2,1H3,(H2,53,69)(H2,54,70)(H2,55,78)(H,56,79)(H,57,83)(H,58,72)(H,59,71)(H,60,84)(H,61,80)(H,62,81)(H,63,82)/t25?,27-,28+,29?,30+,31-,32+,33+,38?,39?,40?,41+,42-,43-,44?,45-/m0/s1. The van der Waals surface area contributed by atoms with Crippen molar-refractivity contribution in [1.29, 1.82) is 0 Å². The number of unbranched alkanes of at least 4 members (excludes halogenated alkanes) is 8. The molecule has 0 aliphatic carbocycles. The number of aliphatic hydroxyl groups excluding tert-OH is 9. The van der Waals surface area contributed by atoms with Gasteiger partial charge in [-0.25, -0.2) is 0 Å². The lowest BCUT2D eigenvalue weighted by molar-refractivity contribution is -0.215. The number of hydrogen-bond donors (Lipinski definition) is 21. The molecule has 3 rings (SSSR count). The lowest BCUT2D eigenvalue weighted by Gasteiger charge is -2.42. The lowest BCUT2D eigenvalue weighted by Crippen LogP contribution is -2.63. The number of primary amides is 3. The molecule has 0 saturated carbocycles. The fourth-order valence-electron chi connectivity index (χ4n) is 9.49. The van der Waals surface area contributed by atoms with Gasteiger partial charge in [-0.05, 0) is 30.5 Å². The fraction of sp³-hybridized carbons (Fsp3) is 0.673. The Morgan fingerprint density at radius 2 is 1.09 bits per heavy atom. The van der Waals surface area contributed by atoms with E-state index >= 15 is 0 Å². The zero-order valence-corrected chi connectivity index (χ0v) is 46.9. The Morgan fingerprint density at radius 3 is 1.65 bits per heavy atom. The molecule has 85 heavy (non-hydrogen) atoms. The highest BCUT2D eigenvalue weighted by Crippen LogP contribution is 2.31. The predicted octanol–water partition coefficient (Wildman–Crippen LogP) is -8.95. The van der Waals surface area contributed by atoms with Crippen molar-refractivity contribution in [2.24, 2.45) is 23.1 Å². The van der Waals surface area contributed by atoms with Gasteiger partial charge in [-0.2, -0.15) is 0 Å². The van der Waals surface area contributed by atoms with Crippen LogP contribution < -0.4 is 59.7 Å². The van der Waals surface area contributed by atoms with E-state index in [2.05, 4.69) is 28.2 Å². The molecule has 0 radical (unpaired) electrons. The summed E-state index contributed by atoms with van der Waals surface area (Å²) < 4.78 is 5.69. The monoisotopic (exact) mass is 1210 g/mol. The lowest BCUT2D eigenvalue weighted by atomic mass is 9.80. The first kappa shape index (κ1) is 72.1. The number of aliphatic hydroxyl groups is 9. The molecule has 24 N–H and O–H groups in total. The highest BCUT2D eigenvalue weighted by atomic mass is 16.5. The maximum absolute atomic E-state index is 14.3. The Bertz CT molecular complexity index is 2430. The largest absolute Gasteiger partial charge is 0.508 e. The van der Waals surface area contributed by atoms with E-state index in [-0.39, 0.29) is 17.7 Å². The summed E-state index contributed by atoms with van der Waals surface area (Å²) in [5.74, 6) is -17.1. The Kier molecular flexibility index (Phi) is 30.5. The minimum Gasteiger partial charge on any atom is -0.508 e. The van der Waals surface area contributed by atoms with E-state index in [0.717, 1.165) is 69.2 Å². The summed E-state index contributed by atoms with van der Waals surface area (Å²) in [7, 11) is 0. The molecule has 2 aliphatic rings. The Labute approximate surface area is 487 Å². The third-order valence-electron chi connectivity index (χ3n) is 14.2. The van der Waals surface area contributed by atoms with Gasteiger partial charge in [0.2, 0.25) is 65.0 Å². The maximum Gasteiger partial charge on any atom is 0.248 e. The first-order chi connectivity index (χ1) is 40.1. The summed E-state index contributed by atoms with van der Waals surface area (Å²) in [6.07, 6.45) is -11.5. The molecule has 33 nitrogen and oxygen atoms in total. The van der Waals surface area contributed by atoms with Crippen LogP contribution in [0.3, 0.4) is 0 Å². The molecule has 16 atom stereocenters. The van der Waals surface area contributed by atoms with Gasteiger partial charge in [-0.3, -0.25) is 52.7 Å². The van der Waals surface area contributed by atoms with Gasteiger partial charge < -0.3 is 116 Å². The minimum absolute atomic E-state index is 0.0278. The van der Waals surface area contributed by atoms with Gasteiger partial charge in [0, 0.05) is 18.4 Å². The number of rotatable bonds is 25. The SMILES string of the molecule is CCCCCCCCCCC[C@@H]([C@@H](O)[C@H](O)CC1CC(=O)N[C@H](CO)C(=O)NC(C(O)c2ccc(O)cc2)C(=O)N[C@H](CC(N)=O)C(=O)NCC(=O)NC(CC(N)=O)C(=O)N[C@@H](CO)C(=O)NC([C@H](O)C(N)=O)C(=O)N1)[C@@H]1OC[C@@H](O)[C@H](O)C1O. The number of amides is 11. The molecule has 0 bridgehead atoms. The highest BCUT2D eigenvalue weighted by Gasteiger charge is 2.46. The van der Waals surface area contributed by atoms with E-state index in [0.29, 0.717) is 12.8 Å². The van der Waals surface area contributed by atoms with E-state index in [1.165, 1.54) is 0 Å². The van der Waals surface area contributed by atoms with Crippen LogP contribution in [0.25, 0.3) is 0 Å². The molecule has 0 aromatic heterocycles. The summed E-state index contributed by atoms with van der Waals surface area (Å²) in [5, 5.41) is 125. The number of hydrogen-bond acceptors (Lipinski definition) is 22. The van der Waals surface area contributed by atoms with Gasteiger partial charge in [-0.1, -0.05) is 76.8 Å². The quantitative estimate of drug-likeness (QED) is 0.0404. The number of nitrogens with one attached hydrogen (secondary N) is 8. The maximum atomic E-state index is 14.3. The topological polar surface area (TPSA) is 574 Å². The van der Waals surface area contributed by atoms with E-state index in [9.17, 15) is 104 Å². The number of carbonyl (C=O) groups is 11. The average Bonchev–Trinajstić information content (AvgIpc) is 3.14. The van der Waals surface area contributed by atoms with Crippen molar-refractivity contribution in [3.05, 3.63) is 29.8 Å². The number of aromatic hydroxyl groups is 1. The van der Waals surface area contributed by atoms with Gasteiger partial charge in [0.1, 0.15) is 66.4 Å². The van der Waals surface area contributed by atoms with E-state index in [4.69, 9.17) is 21.9 Å². The van der Waals surface area contributed by atoms with Gasteiger partial charge in [0.15, 0.2) is 6.10 Å². The molecule has 0 spiro atoms. The highest BCUT2D eigenvalue weighted by molar-refractivity contribution is 6.00. The van der Waals surface area contributed by atoms with E-state index in [1.54, 1.807) is 0 Å². The summed E-state index contributed by atoms with van der Waals surface area (Å²) in [6.45, 7) is -2.15. The van der Waals surface area contributed by atoms with Gasteiger partial charge in [0.05, 0.1) is 57.5 Å². The molecular weight excluding hydrogens is 1130 g/mol. The zero-order chi connectivity index (χ0) is 63.7. The Hall–Kier alpha value is -7.21. The average molecular weight is 1210 g/mol. The van der Waals surface area contributed by atoms with Crippen molar-refractivity contribution in [2.45, 2.75) is 188 Å². The number of carbonyl (C=O) groups excluding carboxylic acids is 11. The van der Waals surface area contributed by atoms with E-state index in [1.807, 2.05) is 21.3 Å². The van der Waals surface area contributed by atoms with Crippen LogP contribution in [0.2, 0.25) is 0 Å². The molecule has 6 unspecified atom stereocenters. The van der Waals surface area contributed by atoms with Crippen molar-refractivity contribution in [1.82, 2.24) is 42.5 Å². The second kappa shape index (κ2) is 35.9. The molecule has 33 heteroatoms. The first-order valence-electron chi connectivity index (χ1n) is 27.8. The molecule has 2 fully saturated rings. The minimum atomic E-state index is -2.68. The second-order valence-electron chi connectivity index (χ2n) is 21.0. The van der Waals surface area contributed by atoms with Crippen LogP contribution in [-0.2, 0) is 57.5 Å².